The molecule has 5 nitrogen and oxygen atoms in total. The summed E-state index contributed by atoms with van der Waals surface area (Å²) in [5, 5.41) is 10.3. The number of β-amino-alcohol motifs (C(OH)–C–C–N with tert-alkyl or cyclic N) is 1. The lowest BCUT2D eigenvalue weighted by molar-refractivity contribution is -0.130. The van der Waals surface area contributed by atoms with Crippen LogP contribution in [0.5, 0.6) is 5.75 Å². The van der Waals surface area contributed by atoms with Crippen LogP contribution in [0.2, 0.25) is 0 Å². The maximum atomic E-state index is 12.5. The largest absolute Gasteiger partial charge is 0.497 e. The topological polar surface area (TPSA) is 62.7 Å². The molecule has 0 bridgehead atoms. The number of carbonyl (C=O) groups excluding carboxylic acids is 1. The molecule has 1 aromatic heterocycles. The van der Waals surface area contributed by atoms with E-state index < -0.39 is 6.10 Å². The molecule has 0 spiro atoms. The van der Waals surface area contributed by atoms with Crippen LogP contribution in [-0.2, 0) is 17.6 Å². The van der Waals surface area contributed by atoms with Gasteiger partial charge in [-0.25, -0.2) is 0 Å². The first-order chi connectivity index (χ1) is 12.2. The Morgan fingerprint density at radius 2 is 2.04 bits per heavy atom. The van der Waals surface area contributed by atoms with Crippen LogP contribution in [0.25, 0.3) is 0 Å². The SMILES string of the molecule is COc1cccc(CCC(=O)N2C[C@@H](Cc3ccncc3)[C@H](O)C2)c1. The quantitative estimate of drug-likeness (QED) is 0.875. The van der Waals surface area contributed by atoms with Gasteiger partial charge in [0.25, 0.3) is 0 Å². The van der Waals surface area contributed by atoms with Crippen LogP contribution in [0.4, 0.5) is 0 Å². The first-order valence-electron chi connectivity index (χ1n) is 8.63. The Bertz CT molecular complexity index is 705. The van der Waals surface area contributed by atoms with E-state index in [4.69, 9.17) is 4.74 Å². The number of aliphatic hydroxyl groups is 1. The summed E-state index contributed by atoms with van der Waals surface area (Å²) in [4.78, 5) is 18.3. The second-order valence-electron chi connectivity index (χ2n) is 6.54. The Hall–Kier alpha value is -2.40. The van der Waals surface area contributed by atoms with E-state index in [1.807, 2.05) is 36.4 Å². The molecule has 2 heterocycles. The lowest BCUT2D eigenvalue weighted by Crippen LogP contribution is -2.29. The number of aromatic nitrogens is 1. The molecule has 0 radical (unpaired) electrons. The minimum atomic E-state index is -0.464. The zero-order valence-corrected chi connectivity index (χ0v) is 14.5. The molecule has 1 aromatic carbocycles. The molecule has 0 saturated carbocycles. The molecule has 0 aliphatic carbocycles. The van der Waals surface area contributed by atoms with E-state index in [2.05, 4.69) is 4.98 Å². The molecule has 0 unspecified atom stereocenters. The Balaban J connectivity index is 1.52. The van der Waals surface area contributed by atoms with Gasteiger partial charge in [-0.05, 0) is 48.2 Å². The van der Waals surface area contributed by atoms with Crippen LogP contribution in [-0.4, -0.2) is 47.2 Å². The third kappa shape index (κ3) is 4.57. The highest BCUT2D eigenvalue weighted by molar-refractivity contribution is 5.76. The van der Waals surface area contributed by atoms with Crippen molar-refractivity contribution >= 4 is 5.91 Å². The van der Waals surface area contributed by atoms with E-state index in [0.717, 1.165) is 23.3 Å². The van der Waals surface area contributed by atoms with Gasteiger partial charge in [-0.3, -0.25) is 9.78 Å². The van der Waals surface area contributed by atoms with Crippen LogP contribution < -0.4 is 4.74 Å². The number of carbonyl (C=O) groups is 1. The molecule has 3 rings (SSSR count). The third-order valence-electron chi connectivity index (χ3n) is 4.77. The van der Waals surface area contributed by atoms with Gasteiger partial charge >= 0.3 is 0 Å². The van der Waals surface area contributed by atoms with Crippen molar-refractivity contribution < 1.29 is 14.6 Å². The minimum Gasteiger partial charge on any atom is -0.497 e. The normalized spacial score (nSPS) is 19.8. The summed E-state index contributed by atoms with van der Waals surface area (Å²) in [5.41, 5.74) is 2.23. The van der Waals surface area contributed by atoms with Crippen molar-refractivity contribution in [3.8, 4) is 5.75 Å². The van der Waals surface area contributed by atoms with Crippen molar-refractivity contribution in [2.45, 2.75) is 25.4 Å². The van der Waals surface area contributed by atoms with Gasteiger partial charge in [0.2, 0.25) is 5.91 Å². The molecule has 1 aliphatic heterocycles. The molecule has 5 heteroatoms. The van der Waals surface area contributed by atoms with Crippen LogP contribution in [0.15, 0.2) is 48.8 Å². The molecule has 1 fully saturated rings. The van der Waals surface area contributed by atoms with Crippen molar-refractivity contribution in [2.24, 2.45) is 5.92 Å². The Morgan fingerprint density at radius 3 is 2.80 bits per heavy atom. The maximum Gasteiger partial charge on any atom is 0.223 e. The fourth-order valence-electron chi connectivity index (χ4n) is 3.32. The van der Waals surface area contributed by atoms with Crippen molar-refractivity contribution in [1.29, 1.82) is 0 Å². The Kier molecular flexibility index (Phi) is 5.66. The lowest BCUT2D eigenvalue weighted by atomic mass is 9.97. The van der Waals surface area contributed by atoms with E-state index in [9.17, 15) is 9.90 Å². The van der Waals surface area contributed by atoms with Gasteiger partial charge in [-0.2, -0.15) is 0 Å². The number of pyridine rings is 1. The molecule has 1 saturated heterocycles. The van der Waals surface area contributed by atoms with E-state index in [0.29, 0.717) is 25.9 Å². The number of amides is 1. The van der Waals surface area contributed by atoms with E-state index >= 15 is 0 Å². The number of aryl methyl sites for hydroxylation is 1. The number of benzene rings is 1. The van der Waals surface area contributed by atoms with E-state index in [1.54, 1.807) is 24.4 Å². The summed E-state index contributed by atoms with van der Waals surface area (Å²) in [6.07, 6.45) is 4.94. The highest BCUT2D eigenvalue weighted by Crippen LogP contribution is 2.22. The highest BCUT2D eigenvalue weighted by atomic mass is 16.5. The van der Waals surface area contributed by atoms with E-state index in [-0.39, 0.29) is 11.8 Å². The van der Waals surface area contributed by atoms with Gasteiger partial charge < -0.3 is 14.7 Å². The lowest BCUT2D eigenvalue weighted by Gasteiger charge is -2.16. The Labute approximate surface area is 148 Å². The number of rotatable bonds is 6. The summed E-state index contributed by atoms with van der Waals surface area (Å²) in [6, 6.07) is 11.7. The smallest absolute Gasteiger partial charge is 0.223 e. The summed E-state index contributed by atoms with van der Waals surface area (Å²) < 4.78 is 5.21. The van der Waals surface area contributed by atoms with Gasteiger partial charge in [0.1, 0.15) is 5.75 Å². The molecule has 2 aromatic rings. The molecular formula is C20H24N2O3. The molecule has 1 N–H and O–H groups in total. The molecule has 1 aliphatic rings. The number of hydrogen-bond donors (Lipinski definition) is 1. The number of ether oxygens (including phenoxy) is 1. The van der Waals surface area contributed by atoms with Gasteiger partial charge in [0, 0.05) is 37.8 Å². The minimum absolute atomic E-state index is 0.0863. The summed E-state index contributed by atoms with van der Waals surface area (Å²) in [5.74, 6) is 0.987. The second kappa shape index (κ2) is 8.12. The van der Waals surface area contributed by atoms with Crippen LogP contribution in [0, 0.1) is 5.92 Å². The van der Waals surface area contributed by atoms with Crippen LogP contribution in [0.3, 0.4) is 0 Å². The standard InChI is InChI=1S/C20H24N2O3/c1-25-18-4-2-3-15(12-18)5-6-20(24)22-13-17(19(23)14-22)11-16-7-9-21-10-8-16/h2-4,7-10,12,17,19,23H,5-6,11,13-14H2,1H3/t17-,19-/m1/s1. The zero-order valence-electron chi connectivity index (χ0n) is 14.5. The predicted octanol–water partition coefficient (Wildman–Crippen LogP) is 2.08. The second-order valence-corrected chi connectivity index (χ2v) is 6.54. The summed E-state index contributed by atoms with van der Waals surface area (Å²) in [7, 11) is 1.64. The first kappa shape index (κ1) is 17.4. The Morgan fingerprint density at radius 1 is 1.24 bits per heavy atom. The number of methoxy groups -OCH3 is 1. The average molecular weight is 340 g/mol. The van der Waals surface area contributed by atoms with Crippen LogP contribution >= 0.6 is 0 Å². The van der Waals surface area contributed by atoms with Crippen molar-refractivity contribution in [3.63, 3.8) is 0 Å². The molecular weight excluding hydrogens is 316 g/mol. The van der Waals surface area contributed by atoms with Crippen molar-refractivity contribution in [1.82, 2.24) is 9.88 Å². The monoisotopic (exact) mass is 340 g/mol. The fraction of sp³-hybridized carbons (Fsp3) is 0.400. The summed E-state index contributed by atoms with van der Waals surface area (Å²) >= 11 is 0. The third-order valence-corrected chi connectivity index (χ3v) is 4.77. The molecule has 25 heavy (non-hydrogen) atoms. The van der Waals surface area contributed by atoms with E-state index in [1.165, 1.54) is 0 Å². The van der Waals surface area contributed by atoms with Gasteiger partial charge in [0.05, 0.1) is 13.2 Å². The van der Waals surface area contributed by atoms with Crippen molar-refractivity contribution in [3.05, 3.63) is 59.9 Å². The number of nitrogens with zero attached hydrogens (tertiary/aromatic N) is 2. The molecule has 132 valence electrons. The van der Waals surface area contributed by atoms with Crippen LogP contribution in [0.1, 0.15) is 17.5 Å². The van der Waals surface area contributed by atoms with Gasteiger partial charge in [-0.1, -0.05) is 12.1 Å². The number of aliphatic hydroxyl groups excluding tert-OH is 1. The average Bonchev–Trinajstić information content (AvgIpc) is 3.01. The highest BCUT2D eigenvalue weighted by Gasteiger charge is 2.33. The summed E-state index contributed by atoms with van der Waals surface area (Å²) in [6.45, 7) is 1.03. The fourth-order valence-corrected chi connectivity index (χ4v) is 3.32. The van der Waals surface area contributed by atoms with Gasteiger partial charge in [0.15, 0.2) is 0 Å². The number of hydrogen-bond acceptors (Lipinski definition) is 4. The maximum absolute atomic E-state index is 12.5. The van der Waals surface area contributed by atoms with Gasteiger partial charge in [-0.15, -0.1) is 0 Å². The predicted molar refractivity (Wildman–Crippen MR) is 95.3 cm³/mol. The van der Waals surface area contributed by atoms with Crippen molar-refractivity contribution in [2.75, 3.05) is 20.2 Å². The number of likely N-dealkylation sites (tertiary alicyclic amines) is 1. The zero-order chi connectivity index (χ0) is 17.6. The first-order valence-corrected chi connectivity index (χ1v) is 8.63. The molecule has 1 amide bonds. The molecule has 2 atom stereocenters.